The zero-order valence-electron chi connectivity index (χ0n) is 11.2. The zero-order valence-corrected chi connectivity index (χ0v) is 12.8. The van der Waals surface area contributed by atoms with E-state index in [1.165, 1.54) is 39.7 Å². The number of halogens is 1. The van der Waals surface area contributed by atoms with Crippen LogP contribution in [0.1, 0.15) is 35.4 Å². The highest BCUT2D eigenvalue weighted by molar-refractivity contribution is 9.10. The van der Waals surface area contributed by atoms with Crippen molar-refractivity contribution < 1.29 is 0 Å². The maximum atomic E-state index is 4.42. The second kappa shape index (κ2) is 4.97. The number of anilines is 2. The molecular weight excluding hydrogens is 300 g/mol. The molecule has 19 heavy (non-hydrogen) atoms. The van der Waals surface area contributed by atoms with E-state index in [-0.39, 0.29) is 0 Å². The molecule has 0 atom stereocenters. The number of aryl methyl sites for hydroxylation is 2. The summed E-state index contributed by atoms with van der Waals surface area (Å²) in [5, 5.41) is 3.46. The standard InChI is InChI=1S/C16H17BrN2/c1-10-3-6-16(18-9-10)19-15-7-11(2)14(17)8-13(15)12-4-5-12/h3,6-9,12H,4-5H2,1-2H3,(H,18,19). The van der Waals surface area contributed by atoms with Gasteiger partial charge < -0.3 is 5.32 Å². The molecule has 1 aliphatic carbocycles. The largest absolute Gasteiger partial charge is 0.340 e. The summed E-state index contributed by atoms with van der Waals surface area (Å²) in [6, 6.07) is 8.57. The minimum atomic E-state index is 0.713. The minimum Gasteiger partial charge on any atom is -0.340 e. The molecule has 98 valence electrons. The predicted octanol–water partition coefficient (Wildman–Crippen LogP) is 5.08. The molecule has 3 rings (SSSR count). The number of rotatable bonds is 3. The van der Waals surface area contributed by atoms with Gasteiger partial charge in [-0.1, -0.05) is 22.0 Å². The lowest BCUT2D eigenvalue weighted by atomic mass is 10.1. The molecule has 3 heteroatoms. The predicted molar refractivity (Wildman–Crippen MR) is 83.1 cm³/mol. The van der Waals surface area contributed by atoms with Gasteiger partial charge in [-0.15, -0.1) is 0 Å². The first-order valence-corrected chi connectivity index (χ1v) is 7.42. The van der Waals surface area contributed by atoms with Gasteiger partial charge in [0.1, 0.15) is 5.82 Å². The molecule has 2 nitrogen and oxygen atoms in total. The molecule has 1 fully saturated rings. The third kappa shape index (κ3) is 2.81. The smallest absolute Gasteiger partial charge is 0.130 e. The molecule has 1 aliphatic rings. The van der Waals surface area contributed by atoms with E-state index in [0.29, 0.717) is 5.92 Å². The number of nitrogens with one attached hydrogen (secondary N) is 1. The quantitative estimate of drug-likeness (QED) is 0.853. The minimum absolute atomic E-state index is 0.713. The van der Waals surface area contributed by atoms with Gasteiger partial charge in [0.25, 0.3) is 0 Å². The Morgan fingerprint density at radius 2 is 2.00 bits per heavy atom. The van der Waals surface area contributed by atoms with Crippen LogP contribution in [0, 0.1) is 13.8 Å². The number of hydrogen-bond acceptors (Lipinski definition) is 2. The third-order valence-electron chi connectivity index (χ3n) is 3.52. The van der Waals surface area contributed by atoms with E-state index in [1.807, 2.05) is 12.3 Å². The summed E-state index contributed by atoms with van der Waals surface area (Å²) in [4.78, 5) is 4.42. The normalized spacial score (nSPS) is 14.5. The Kier molecular flexibility index (Phi) is 3.31. The second-order valence-electron chi connectivity index (χ2n) is 5.31. The molecule has 1 aromatic heterocycles. The molecule has 0 spiro atoms. The van der Waals surface area contributed by atoms with Crippen molar-refractivity contribution in [3.63, 3.8) is 0 Å². The number of benzene rings is 1. The van der Waals surface area contributed by atoms with Crippen LogP contribution in [0.5, 0.6) is 0 Å². The van der Waals surface area contributed by atoms with Gasteiger partial charge in [0, 0.05) is 16.4 Å². The summed E-state index contributed by atoms with van der Waals surface area (Å²) in [6.45, 7) is 4.17. The summed E-state index contributed by atoms with van der Waals surface area (Å²) in [5.74, 6) is 1.62. The topological polar surface area (TPSA) is 24.9 Å². The summed E-state index contributed by atoms with van der Waals surface area (Å²) in [6.07, 6.45) is 4.49. The molecule has 1 aromatic carbocycles. The second-order valence-corrected chi connectivity index (χ2v) is 6.16. The summed E-state index contributed by atoms with van der Waals surface area (Å²) in [5.41, 5.74) is 5.03. The van der Waals surface area contributed by atoms with Gasteiger partial charge in [-0.2, -0.15) is 0 Å². The van der Waals surface area contributed by atoms with Crippen molar-refractivity contribution in [1.82, 2.24) is 4.98 Å². The van der Waals surface area contributed by atoms with Crippen LogP contribution in [0.15, 0.2) is 34.9 Å². The fourth-order valence-electron chi connectivity index (χ4n) is 2.22. The molecule has 1 heterocycles. The van der Waals surface area contributed by atoms with Crippen molar-refractivity contribution in [2.75, 3.05) is 5.32 Å². The first-order valence-electron chi connectivity index (χ1n) is 6.63. The highest BCUT2D eigenvalue weighted by Crippen LogP contribution is 2.45. The van der Waals surface area contributed by atoms with Crippen LogP contribution in [-0.4, -0.2) is 4.98 Å². The monoisotopic (exact) mass is 316 g/mol. The maximum absolute atomic E-state index is 4.42. The SMILES string of the molecule is Cc1ccc(Nc2cc(C)c(Br)cc2C2CC2)nc1. The molecule has 0 saturated heterocycles. The lowest BCUT2D eigenvalue weighted by molar-refractivity contribution is 1.12. The fourth-order valence-corrected chi connectivity index (χ4v) is 2.58. The average Bonchev–Trinajstić information content (AvgIpc) is 3.20. The van der Waals surface area contributed by atoms with E-state index in [2.05, 4.69) is 58.3 Å². The lowest BCUT2D eigenvalue weighted by Gasteiger charge is -2.13. The molecule has 1 saturated carbocycles. The van der Waals surface area contributed by atoms with Crippen LogP contribution in [0.4, 0.5) is 11.5 Å². The van der Waals surface area contributed by atoms with Crippen molar-refractivity contribution in [3.8, 4) is 0 Å². The lowest BCUT2D eigenvalue weighted by Crippen LogP contribution is -1.98. The Labute approximate surface area is 122 Å². The van der Waals surface area contributed by atoms with Gasteiger partial charge in [0.05, 0.1) is 0 Å². The van der Waals surface area contributed by atoms with Crippen LogP contribution in [0.2, 0.25) is 0 Å². The van der Waals surface area contributed by atoms with Crippen LogP contribution in [0.3, 0.4) is 0 Å². The van der Waals surface area contributed by atoms with Gasteiger partial charge in [-0.3, -0.25) is 0 Å². The maximum Gasteiger partial charge on any atom is 0.130 e. The van der Waals surface area contributed by atoms with Crippen molar-refractivity contribution in [3.05, 3.63) is 51.6 Å². The molecule has 0 radical (unpaired) electrons. The van der Waals surface area contributed by atoms with E-state index < -0.39 is 0 Å². The van der Waals surface area contributed by atoms with Gasteiger partial charge >= 0.3 is 0 Å². The Morgan fingerprint density at radius 1 is 1.21 bits per heavy atom. The zero-order chi connectivity index (χ0) is 13.4. The number of hydrogen-bond donors (Lipinski definition) is 1. The summed E-state index contributed by atoms with van der Waals surface area (Å²) >= 11 is 3.63. The van der Waals surface area contributed by atoms with Gasteiger partial charge in [0.2, 0.25) is 0 Å². The van der Waals surface area contributed by atoms with Crippen molar-refractivity contribution in [2.45, 2.75) is 32.6 Å². The average molecular weight is 317 g/mol. The van der Waals surface area contributed by atoms with Crippen LogP contribution >= 0.6 is 15.9 Å². The van der Waals surface area contributed by atoms with E-state index in [9.17, 15) is 0 Å². The molecule has 0 unspecified atom stereocenters. The van der Waals surface area contributed by atoms with E-state index >= 15 is 0 Å². The Hall–Kier alpha value is -1.35. The van der Waals surface area contributed by atoms with Crippen LogP contribution in [0.25, 0.3) is 0 Å². The first-order chi connectivity index (χ1) is 9.13. The number of nitrogens with zero attached hydrogens (tertiary/aromatic N) is 1. The third-order valence-corrected chi connectivity index (χ3v) is 4.38. The van der Waals surface area contributed by atoms with Gasteiger partial charge in [-0.05, 0) is 67.5 Å². The highest BCUT2D eigenvalue weighted by Gasteiger charge is 2.26. The van der Waals surface area contributed by atoms with Crippen molar-refractivity contribution >= 4 is 27.4 Å². The van der Waals surface area contributed by atoms with Crippen LogP contribution < -0.4 is 5.32 Å². The van der Waals surface area contributed by atoms with Crippen molar-refractivity contribution in [2.24, 2.45) is 0 Å². The van der Waals surface area contributed by atoms with Gasteiger partial charge in [0.15, 0.2) is 0 Å². The molecule has 0 amide bonds. The van der Waals surface area contributed by atoms with E-state index in [4.69, 9.17) is 0 Å². The summed E-state index contributed by atoms with van der Waals surface area (Å²) < 4.78 is 1.19. The number of aromatic nitrogens is 1. The Bertz CT molecular complexity index is 601. The van der Waals surface area contributed by atoms with Gasteiger partial charge in [-0.25, -0.2) is 4.98 Å². The summed E-state index contributed by atoms with van der Waals surface area (Å²) in [7, 11) is 0. The Balaban J connectivity index is 1.95. The highest BCUT2D eigenvalue weighted by atomic mass is 79.9. The van der Waals surface area contributed by atoms with E-state index in [1.54, 1.807) is 0 Å². The Morgan fingerprint density at radius 3 is 2.63 bits per heavy atom. The fraction of sp³-hybridized carbons (Fsp3) is 0.312. The molecule has 2 aromatic rings. The van der Waals surface area contributed by atoms with Crippen molar-refractivity contribution in [1.29, 1.82) is 0 Å². The van der Waals surface area contributed by atoms with Crippen LogP contribution in [-0.2, 0) is 0 Å². The molecular formula is C16H17BrN2. The number of pyridine rings is 1. The first kappa shape index (κ1) is 12.7. The molecule has 0 bridgehead atoms. The molecule has 1 N–H and O–H groups in total. The molecule has 0 aliphatic heterocycles. The van der Waals surface area contributed by atoms with E-state index in [0.717, 1.165) is 5.82 Å².